The zero-order valence-electron chi connectivity index (χ0n) is 13.1. The first-order valence-corrected chi connectivity index (χ1v) is 7.97. The van der Waals surface area contributed by atoms with Crippen molar-refractivity contribution in [3.63, 3.8) is 0 Å². The average Bonchev–Trinajstić information content (AvgIpc) is 2.88. The van der Waals surface area contributed by atoms with Crippen LogP contribution in [0.2, 0.25) is 0 Å². The molecule has 1 aromatic heterocycles. The van der Waals surface area contributed by atoms with Crippen molar-refractivity contribution in [2.24, 2.45) is 0 Å². The van der Waals surface area contributed by atoms with Gasteiger partial charge in [0.2, 0.25) is 0 Å². The van der Waals surface area contributed by atoms with Crippen molar-refractivity contribution in [1.29, 1.82) is 0 Å². The van der Waals surface area contributed by atoms with Gasteiger partial charge in [0, 0.05) is 24.8 Å². The van der Waals surface area contributed by atoms with Crippen molar-refractivity contribution < 1.29 is 13.6 Å². The van der Waals surface area contributed by atoms with Gasteiger partial charge in [-0.05, 0) is 25.0 Å². The maximum absolute atomic E-state index is 13.2. The molecule has 5 nitrogen and oxygen atoms in total. The van der Waals surface area contributed by atoms with Gasteiger partial charge in [-0.25, -0.2) is 18.7 Å². The normalized spacial score (nSPS) is 15.0. The number of anilines is 2. The Bertz CT molecular complexity index is 713. The van der Waals surface area contributed by atoms with Crippen LogP contribution in [0.1, 0.15) is 36.2 Å². The molecule has 1 aliphatic rings. The van der Waals surface area contributed by atoms with Crippen LogP contribution in [0.25, 0.3) is 0 Å². The molecule has 0 radical (unpaired) electrons. The molecule has 7 heteroatoms. The predicted octanol–water partition coefficient (Wildman–Crippen LogP) is 3.39. The summed E-state index contributed by atoms with van der Waals surface area (Å²) in [7, 11) is 0. The number of hydrogen-bond acceptors (Lipinski definition) is 4. The summed E-state index contributed by atoms with van der Waals surface area (Å²) in [6, 6.07) is 3.17. The van der Waals surface area contributed by atoms with Crippen molar-refractivity contribution in [3.05, 3.63) is 47.9 Å². The van der Waals surface area contributed by atoms with Crippen LogP contribution in [0.3, 0.4) is 0 Å². The maximum Gasteiger partial charge on any atom is 0.275 e. The Morgan fingerprint density at radius 2 is 1.75 bits per heavy atom. The number of aromatic nitrogens is 2. The van der Waals surface area contributed by atoms with E-state index in [1.807, 2.05) is 0 Å². The van der Waals surface area contributed by atoms with Crippen LogP contribution in [0.15, 0.2) is 30.6 Å². The van der Waals surface area contributed by atoms with Crippen LogP contribution < -0.4 is 10.2 Å². The van der Waals surface area contributed by atoms with E-state index in [-0.39, 0.29) is 11.4 Å². The number of rotatable bonds is 3. The summed E-state index contributed by atoms with van der Waals surface area (Å²) in [4.78, 5) is 22.7. The number of nitrogens with zero attached hydrogens (tertiary/aromatic N) is 3. The molecular formula is C17H18F2N4O. The maximum atomic E-state index is 13.2. The van der Waals surface area contributed by atoms with Gasteiger partial charge in [-0.1, -0.05) is 12.8 Å². The molecule has 1 N–H and O–H groups in total. The van der Waals surface area contributed by atoms with Gasteiger partial charge in [0.15, 0.2) is 11.6 Å². The molecule has 1 fully saturated rings. The highest BCUT2D eigenvalue weighted by molar-refractivity contribution is 6.02. The monoisotopic (exact) mass is 332 g/mol. The summed E-state index contributed by atoms with van der Waals surface area (Å²) >= 11 is 0. The average molecular weight is 332 g/mol. The topological polar surface area (TPSA) is 58.1 Å². The van der Waals surface area contributed by atoms with E-state index in [1.165, 1.54) is 25.1 Å². The largest absolute Gasteiger partial charge is 0.355 e. The van der Waals surface area contributed by atoms with Crippen molar-refractivity contribution in [3.8, 4) is 0 Å². The molecule has 1 saturated heterocycles. The van der Waals surface area contributed by atoms with Gasteiger partial charge in [0.05, 0.1) is 12.4 Å². The first-order valence-electron chi connectivity index (χ1n) is 7.97. The number of amides is 1. The summed E-state index contributed by atoms with van der Waals surface area (Å²) in [5, 5.41) is 2.47. The molecule has 2 aromatic rings. The Hall–Kier alpha value is -2.57. The molecule has 0 saturated carbocycles. The van der Waals surface area contributed by atoms with Crippen molar-refractivity contribution in [1.82, 2.24) is 9.97 Å². The lowest BCUT2D eigenvalue weighted by molar-refractivity contribution is 0.102. The second-order valence-electron chi connectivity index (χ2n) is 5.74. The highest BCUT2D eigenvalue weighted by Crippen LogP contribution is 2.17. The summed E-state index contributed by atoms with van der Waals surface area (Å²) in [6.07, 6.45) is 7.66. The highest BCUT2D eigenvalue weighted by Gasteiger charge is 2.14. The first-order chi connectivity index (χ1) is 11.6. The number of carbonyl (C=O) groups excluding carboxylic acids is 1. The molecule has 0 atom stereocenters. The van der Waals surface area contributed by atoms with E-state index in [2.05, 4.69) is 20.2 Å². The lowest BCUT2D eigenvalue weighted by atomic mass is 10.2. The minimum atomic E-state index is -1.02. The summed E-state index contributed by atoms with van der Waals surface area (Å²) in [6.45, 7) is 1.88. The van der Waals surface area contributed by atoms with Gasteiger partial charge >= 0.3 is 0 Å². The molecule has 3 rings (SSSR count). The SMILES string of the molecule is O=C(Nc1ccc(F)c(F)c1)c1cnc(N2CCCCCC2)cn1. The number of hydrogen-bond donors (Lipinski definition) is 1. The molecule has 0 unspecified atom stereocenters. The van der Waals surface area contributed by atoms with Gasteiger partial charge in [0.1, 0.15) is 11.5 Å². The molecule has 126 valence electrons. The standard InChI is InChI=1S/C17H18F2N4O/c18-13-6-5-12(9-14(13)19)22-17(24)15-10-21-16(11-20-15)23-7-3-1-2-4-8-23/h5-6,9-11H,1-4,7-8H2,(H,22,24). The zero-order valence-corrected chi connectivity index (χ0v) is 13.1. The minimum Gasteiger partial charge on any atom is -0.355 e. The van der Waals surface area contributed by atoms with E-state index in [9.17, 15) is 13.6 Å². The smallest absolute Gasteiger partial charge is 0.275 e. The van der Waals surface area contributed by atoms with E-state index >= 15 is 0 Å². The molecule has 24 heavy (non-hydrogen) atoms. The second-order valence-corrected chi connectivity index (χ2v) is 5.74. The van der Waals surface area contributed by atoms with Crippen molar-refractivity contribution in [2.75, 3.05) is 23.3 Å². The Labute approximate surface area is 138 Å². The summed E-state index contributed by atoms with van der Waals surface area (Å²) < 4.78 is 26.1. The third-order valence-electron chi connectivity index (χ3n) is 3.98. The van der Waals surface area contributed by atoms with Crippen LogP contribution in [-0.2, 0) is 0 Å². The lowest BCUT2D eigenvalue weighted by Crippen LogP contribution is -2.25. The molecule has 0 bridgehead atoms. The molecule has 2 heterocycles. The van der Waals surface area contributed by atoms with Gasteiger partial charge in [-0.2, -0.15) is 0 Å². The van der Waals surface area contributed by atoms with E-state index in [1.54, 1.807) is 6.20 Å². The Morgan fingerprint density at radius 3 is 2.38 bits per heavy atom. The van der Waals surface area contributed by atoms with Gasteiger partial charge < -0.3 is 10.2 Å². The molecule has 1 amide bonds. The fraction of sp³-hybridized carbons (Fsp3) is 0.353. The fourth-order valence-electron chi connectivity index (χ4n) is 2.67. The quantitative estimate of drug-likeness (QED) is 0.936. The number of carbonyl (C=O) groups is 1. The van der Waals surface area contributed by atoms with Gasteiger partial charge in [0.25, 0.3) is 5.91 Å². The predicted molar refractivity (Wildman–Crippen MR) is 87.0 cm³/mol. The van der Waals surface area contributed by atoms with Gasteiger partial charge in [-0.3, -0.25) is 4.79 Å². The highest BCUT2D eigenvalue weighted by atomic mass is 19.2. The second kappa shape index (κ2) is 7.33. The molecule has 1 aliphatic heterocycles. The minimum absolute atomic E-state index is 0.123. The number of halogens is 2. The van der Waals surface area contributed by atoms with Crippen LogP contribution in [0, 0.1) is 11.6 Å². The van der Waals surface area contributed by atoms with Crippen LogP contribution in [0.4, 0.5) is 20.3 Å². The zero-order chi connectivity index (χ0) is 16.9. The lowest BCUT2D eigenvalue weighted by Gasteiger charge is -2.20. The van der Waals surface area contributed by atoms with Gasteiger partial charge in [-0.15, -0.1) is 0 Å². The van der Waals surface area contributed by atoms with Crippen LogP contribution >= 0.6 is 0 Å². The van der Waals surface area contributed by atoms with E-state index in [0.717, 1.165) is 43.9 Å². The number of benzene rings is 1. The Balaban J connectivity index is 1.68. The van der Waals surface area contributed by atoms with E-state index in [4.69, 9.17) is 0 Å². The summed E-state index contributed by atoms with van der Waals surface area (Å²) in [5.41, 5.74) is 0.288. The molecule has 0 spiro atoms. The third-order valence-corrected chi connectivity index (χ3v) is 3.98. The van der Waals surface area contributed by atoms with Crippen LogP contribution in [0.5, 0.6) is 0 Å². The Morgan fingerprint density at radius 1 is 1.00 bits per heavy atom. The fourth-order valence-corrected chi connectivity index (χ4v) is 2.67. The van der Waals surface area contributed by atoms with Crippen molar-refractivity contribution >= 4 is 17.4 Å². The first kappa shape index (κ1) is 16.3. The van der Waals surface area contributed by atoms with E-state index < -0.39 is 17.5 Å². The molecule has 0 aliphatic carbocycles. The van der Waals surface area contributed by atoms with Crippen molar-refractivity contribution in [2.45, 2.75) is 25.7 Å². The molecular weight excluding hydrogens is 314 g/mol. The Kier molecular flexibility index (Phi) is 4.98. The summed E-state index contributed by atoms with van der Waals surface area (Å²) in [5.74, 6) is -1.75. The number of nitrogens with one attached hydrogen (secondary N) is 1. The van der Waals surface area contributed by atoms with E-state index in [0.29, 0.717) is 0 Å². The van der Waals surface area contributed by atoms with Crippen LogP contribution in [-0.4, -0.2) is 29.0 Å². The molecule has 1 aromatic carbocycles. The third kappa shape index (κ3) is 3.84.